The van der Waals surface area contributed by atoms with E-state index in [0.717, 1.165) is 0 Å². The number of nitrogens with zero attached hydrogens (tertiary/aromatic N) is 2. The number of carbonyl (C=O) groups excluding carboxylic acids is 2. The van der Waals surface area contributed by atoms with Gasteiger partial charge in [0.15, 0.2) is 5.17 Å². The number of hydrogen-bond donors (Lipinski definition) is 0. The summed E-state index contributed by atoms with van der Waals surface area (Å²) in [5.74, 6) is -1.09. The van der Waals surface area contributed by atoms with Crippen LogP contribution in [-0.4, -0.2) is 47.5 Å². The van der Waals surface area contributed by atoms with Gasteiger partial charge in [-0.25, -0.2) is 14.2 Å². The smallest absolute Gasteiger partial charge is 0.338 e. The minimum atomic E-state index is -0.692. The molecule has 26 heavy (non-hydrogen) atoms. The number of fused-ring (bicyclic) bond motifs is 1. The fraction of sp³-hybridized carbons (Fsp3) is 0.389. The van der Waals surface area contributed by atoms with E-state index in [1.807, 2.05) is 0 Å². The van der Waals surface area contributed by atoms with Crippen LogP contribution in [0.3, 0.4) is 0 Å². The third kappa shape index (κ3) is 3.39. The highest BCUT2D eigenvalue weighted by Crippen LogP contribution is 2.43. The summed E-state index contributed by atoms with van der Waals surface area (Å²) >= 11 is 1.34. The lowest BCUT2D eigenvalue weighted by Crippen LogP contribution is -2.40. The number of rotatable bonds is 5. The zero-order valence-electron chi connectivity index (χ0n) is 14.7. The molecule has 2 atom stereocenters. The molecule has 2 aliphatic heterocycles. The maximum absolute atomic E-state index is 13.4. The molecule has 0 aliphatic carbocycles. The van der Waals surface area contributed by atoms with Gasteiger partial charge in [0, 0.05) is 7.11 Å². The van der Waals surface area contributed by atoms with E-state index in [9.17, 15) is 14.0 Å². The predicted octanol–water partition coefficient (Wildman–Crippen LogP) is 2.66. The minimum Gasteiger partial charge on any atom is -0.460 e. The Morgan fingerprint density at radius 3 is 2.65 bits per heavy atom. The summed E-state index contributed by atoms with van der Waals surface area (Å²) in [6, 6.07) is 5.06. The Bertz CT molecular complexity index is 791. The monoisotopic (exact) mass is 378 g/mol. The summed E-state index contributed by atoms with van der Waals surface area (Å²) in [7, 11) is 1.51. The molecule has 0 radical (unpaired) electrons. The van der Waals surface area contributed by atoms with Gasteiger partial charge in [-0.2, -0.15) is 0 Å². The van der Waals surface area contributed by atoms with E-state index in [1.165, 1.54) is 35.9 Å². The first-order chi connectivity index (χ1) is 12.4. The molecule has 1 saturated heterocycles. The summed E-state index contributed by atoms with van der Waals surface area (Å²) in [5, 5.41) is 0.246. The lowest BCUT2D eigenvalue weighted by atomic mass is 9.94. The number of aliphatic imine (C=N–C) groups is 1. The fourth-order valence-corrected chi connectivity index (χ4v) is 3.95. The summed E-state index contributed by atoms with van der Waals surface area (Å²) in [6.45, 7) is 3.87. The van der Waals surface area contributed by atoms with Gasteiger partial charge in [0.05, 0.1) is 29.2 Å². The van der Waals surface area contributed by atoms with Gasteiger partial charge < -0.3 is 9.47 Å². The molecule has 1 amide bonds. The van der Waals surface area contributed by atoms with Crippen LogP contribution < -0.4 is 0 Å². The molecule has 2 heterocycles. The normalized spacial score (nSPS) is 22.4. The first-order valence-corrected chi connectivity index (χ1v) is 9.02. The highest BCUT2D eigenvalue weighted by molar-refractivity contribution is 8.15. The number of amides is 1. The quantitative estimate of drug-likeness (QED) is 0.582. The molecule has 0 unspecified atom stereocenters. The number of benzene rings is 1. The van der Waals surface area contributed by atoms with Crippen LogP contribution in [0.15, 0.2) is 40.5 Å². The standard InChI is InChI=1S/C18H19FN2O4S/c1-10-14(17(23)25-9-8-24-3)15(12-4-6-13(19)7-5-12)21-16(22)11(2)26-18(21)20-10/h4-7,11,15H,8-9H2,1-3H3/t11-,15+/m1/s1. The summed E-state index contributed by atoms with van der Waals surface area (Å²) in [6.07, 6.45) is 0. The molecule has 0 aromatic heterocycles. The van der Waals surface area contributed by atoms with Crippen LogP contribution in [0.1, 0.15) is 25.5 Å². The van der Waals surface area contributed by atoms with Crippen LogP contribution in [0.4, 0.5) is 4.39 Å². The zero-order chi connectivity index (χ0) is 18.8. The maximum Gasteiger partial charge on any atom is 0.338 e. The van der Waals surface area contributed by atoms with E-state index in [1.54, 1.807) is 26.0 Å². The molecule has 1 aromatic rings. The van der Waals surface area contributed by atoms with Crippen LogP contribution in [-0.2, 0) is 19.1 Å². The molecule has 0 bridgehead atoms. The molecular formula is C18H19FN2O4S. The lowest BCUT2D eigenvalue weighted by molar-refractivity contribution is -0.141. The largest absolute Gasteiger partial charge is 0.460 e. The van der Waals surface area contributed by atoms with E-state index >= 15 is 0 Å². The van der Waals surface area contributed by atoms with Gasteiger partial charge in [0.1, 0.15) is 12.4 Å². The van der Waals surface area contributed by atoms with Crippen molar-refractivity contribution in [2.75, 3.05) is 20.3 Å². The third-order valence-corrected chi connectivity index (χ3v) is 5.24. The topological polar surface area (TPSA) is 68.2 Å². The van der Waals surface area contributed by atoms with Gasteiger partial charge in [0.2, 0.25) is 5.91 Å². The van der Waals surface area contributed by atoms with E-state index in [2.05, 4.69) is 4.99 Å². The molecule has 2 aliphatic rings. The highest BCUT2D eigenvalue weighted by Gasteiger charge is 2.46. The Kier molecular flexibility index (Phi) is 5.43. The molecule has 6 nitrogen and oxygen atoms in total. The Balaban J connectivity index is 2.03. The number of amidine groups is 1. The minimum absolute atomic E-state index is 0.0952. The van der Waals surface area contributed by atoms with E-state index in [-0.39, 0.29) is 35.8 Å². The van der Waals surface area contributed by atoms with E-state index in [0.29, 0.717) is 16.4 Å². The number of thioether (sulfide) groups is 1. The van der Waals surface area contributed by atoms with E-state index in [4.69, 9.17) is 9.47 Å². The van der Waals surface area contributed by atoms with Crippen molar-refractivity contribution in [1.29, 1.82) is 0 Å². The van der Waals surface area contributed by atoms with Crippen LogP contribution in [0.5, 0.6) is 0 Å². The maximum atomic E-state index is 13.4. The van der Waals surface area contributed by atoms with Crippen molar-refractivity contribution in [3.8, 4) is 0 Å². The van der Waals surface area contributed by atoms with Crippen molar-refractivity contribution < 1.29 is 23.5 Å². The lowest BCUT2D eigenvalue weighted by Gasteiger charge is -2.33. The molecule has 1 aromatic carbocycles. The Morgan fingerprint density at radius 1 is 1.31 bits per heavy atom. The summed E-state index contributed by atoms with van der Waals surface area (Å²) < 4.78 is 23.5. The number of allylic oxidation sites excluding steroid dienone is 1. The highest BCUT2D eigenvalue weighted by atomic mass is 32.2. The molecule has 0 N–H and O–H groups in total. The average molecular weight is 378 g/mol. The Hall–Kier alpha value is -2.19. The number of halogens is 1. The SMILES string of the molecule is COCCOC(=O)C1=C(C)N=C2S[C@H](C)C(=O)N2[C@H]1c1ccc(F)cc1. The first-order valence-electron chi connectivity index (χ1n) is 8.14. The first kappa shape index (κ1) is 18.6. The van der Waals surface area contributed by atoms with Crippen LogP contribution in [0, 0.1) is 5.82 Å². The molecule has 138 valence electrons. The number of carbonyl (C=O) groups is 2. The molecule has 8 heteroatoms. The third-order valence-electron chi connectivity index (χ3n) is 4.18. The second-order valence-corrected chi connectivity index (χ2v) is 7.25. The molecule has 0 spiro atoms. The van der Waals surface area contributed by atoms with Crippen LogP contribution >= 0.6 is 11.8 Å². The Labute approximate surface area is 155 Å². The fourth-order valence-electron chi connectivity index (χ4n) is 2.92. The van der Waals surface area contributed by atoms with Gasteiger partial charge in [-0.3, -0.25) is 9.69 Å². The second kappa shape index (κ2) is 7.59. The van der Waals surface area contributed by atoms with Crippen molar-refractivity contribution in [1.82, 2.24) is 4.90 Å². The van der Waals surface area contributed by atoms with Gasteiger partial charge in [-0.15, -0.1) is 0 Å². The number of hydrogen-bond acceptors (Lipinski definition) is 6. The van der Waals surface area contributed by atoms with Crippen LogP contribution in [0.25, 0.3) is 0 Å². The molecular weight excluding hydrogens is 359 g/mol. The molecule has 0 saturated carbocycles. The summed E-state index contributed by atoms with van der Waals surface area (Å²) in [5.41, 5.74) is 1.39. The molecule has 1 fully saturated rings. The van der Waals surface area contributed by atoms with Gasteiger partial charge >= 0.3 is 5.97 Å². The second-order valence-electron chi connectivity index (χ2n) is 5.94. The molecule has 3 rings (SSSR count). The van der Waals surface area contributed by atoms with Crippen molar-refractivity contribution in [2.45, 2.75) is 25.1 Å². The van der Waals surface area contributed by atoms with Gasteiger partial charge in [-0.05, 0) is 31.5 Å². The van der Waals surface area contributed by atoms with Crippen molar-refractivity contribution in [3.63, 3.8) is 0 Å². The summed E-state index contributed by atoms with van der Waals surface area (Å²) in [4.78, 5) is 31.3. The van der Waals surface area contributed by atoms with Crippen molar-refractivity contribution in [3.05, 3.63) is 46.9 Å². The van der Waals surface area contributed by atoms with Gasteiger partial charge in [-0.1, -0.05) is 23.9 Å². The van der Waals surface area contributed by atoms with E-state index < -0.39 is 12.0 Å². The zero-order valence-corrected chi connectivity index (χ0v) is 15.5. The number of ether oxygens (including phenoxy) is 2. The van der Waals surface area contributed by atoms with Crippen molar-refractivity contribution >= 4 is 28.8 Å². The van der Waals surface area contributed by atoms with Crippen molar-refractivity contribution in [2.24, 2.45) is 4.99 Å². The average Bonchev–Trinajstić information content (AvgIpc) is 2.88. The number of methoxy groups -OCH3 is 1. The van der Waals surface area contributed by atoms with Crippen LogP contribution in [0.2, 0.25) is 0 Å². The number of esters is 1. The van der Waals surface area contributed by atoms with Gasteiger partial charge in [0.25, 0.3) is 0 Å². The predicted molar refractivity (Wildman–Crippen MR) is 96.0 cm³/mol. The Morgan fingerprint density at radius 2 is 2.00 bits per heavy atom.